The molecule has 0 saturated carbocycles. The summed E-state index contributed by atoms with van der Waals surface area (Å²) in [7, 11) is 0. The van der Waals surface area contributed by atoms with Crippen molar-refractivity contribution in [1.82, 2.24) is 0 Å². The molecule has 0 spiro atoms. The highest BCUT2D eigenvalue weighted by Gasteiger charge is 2.33. The Morgan fingerprint density at radius 1 is 1.28 bits per heavy atom. The molecule has 0 aromatic heterocycles. The third-order valence-corrected chi connectivity index (χ3v) is 3.06. The Hall–Kier alpha value is -1.72. The molecule has 0 aliphatic carbocycles. The van der Waals surface area contributed by atoms with E-state index < -0.39 is 23.8 Å². The van der Waals surface area contributed by atoms with Crippen LogP contribution in [0.3, 0.4) is 0 Å². The van der Waals surface area contributed by atoms with Gasteiger partial charge in [0.25, 0.3) is 0 Å². The van der Waals surface area contributed by atoms with E-state index in [2.05, 4.69) is 0 Å². The van der Waals surface area contributed by atoms with Crippen LogP contribution in [-0.2, 0) is 11.0 Å². The van der Waals surface area contributed by atoms with Crippen molar-refractivity contribution in [2.75, 3.05) is 11.4 Å². The van der Waals surface area contributed by atoms with Gasteiger partial charge in [-0.3, -0.25) is 0 Å². The van der Waals surface area contributed by atoms with Gasteiger partial charge in [-0.15, -0.1) is 0 Å². The molecule has 1 aromatic carbocycles. The molecule has 1 aliphatic rings. The van der Waals surface area contributed by atoms with Crippen molar-refractivity contribution in [3.8, 4) is 0 Å². The average molecular weight is 259 g/mol. The highest BCUT2D eigenvalue weighted by molar-refractivity contribution is 5.79. The molecular weight excluding hydrogens is 247 g/mol. The molecule has 1 aliphatic heterocycles. The van der Waals surface area contributed by atoms with Crippen LogP contribution in [0.5, 0.6) is 0 Å². The van der Waals surface area contributed by atoms with Gasteiger partial charge in [-0.2, -0.15) is 13.2 Å². The third kappa shape index (κ3) is 2.42. The van der Waals surface area contributed by atoms with E-state index in [0.29, 0.717) is 18.7 Å². The number of carboxylic acids is 1. The van der Waals surface area contributed by atoms with Gasteiger partial charge in [0.1, 0.15) is 6.04 Å². The Balaban J connectivity index is 2.22. The molecule has 1 aromatic rings. The monoisotopic (exact) mass is 259 g/mol. The number of carbonyl (C=O) groups is 1. The number of benzene rings is 1. The molecule has 0 radical (unpaired) electrons. The Morgan fingerprint density at radius 2 is 1.89 bits per heavy atom. The van der Waals surface area contributed by atoms with Crippen molar-refractivity contribution < 1.29 is 23.1 Å². The van der Waals surface area contributed by atoms with Crippen LogP contribution in [-0.4, -0.2) is 23.7 Å². The quantitative estimate of drug-likeness (QED) is 0.887. The van der Waals surface area contributed by atoms with Crippen molar-refractivity contribution in [3.05, 3.63) is 29.8 Å². The minimum atomic E-state index is -4.37. The molecule has 0 amide bonds. The lowest BCUT2D eigenvalue weighted by Gasteiger charge is -2.23. The summed E-state index contributed by atoms with van der Waals surface area (Å²) in [6, 6.07) is 3.97. The SMILES string of the molecule is O=C(O)C1CCCN1c1ccc(C(F)(F)F)cc1. The van der Waals surface area contributed by atoms with E-state index >= 15 is 0 Å². The van der Waals surface area contributed by atoms with Crippen LogP contribution < -0.4 is 4.90 Å². The zero-order valence-corrected chi connectivity index (χ0v) is 9.44. The Kier molecular flexibility index (Phi) is 3.19. The molecule has 1 fully saturated rings. The largest absolute Gasteiger partial charge is 0.480 e. The Bertz CT molecular complexity index is 442. The fourth-order valence-corrected chi connectivity index (χ4v) is 2.17. The van der Waals surface area contributed by atoms with Crippen LogP contribution >= 0.6 is 0 Å². The summed E-state index contributed by atoms with van der Waals surface area (Å²) in [5, 5.41) is 9.01. The average Bonchev–Trinajstić information content (AvgIpc) is 2.77. The van der Waals surface area contributed by atoms with Gasteiger partial charge in [0, 0.05) is 12.2 Å². The highest BCUT2D eigenvalue weighted by Crippen LogP contribution is 2.32. The summed E-state index contributed by atoms with van der Waals surface area (Å²) >= 11 is 0. The van der Waals surface area contributed by atoms with Crippen molar-refractivity contribution in [2.24, 2.45) is 0 Å². The molecule has 1 atom stereocenters. The molecule has 1 saturated heterocycles. The van der Waals surface area contributed by atoms with Crippen LogP contribution in [0.1, 0.15) is 18.4 Å². The number of hydrogen-bond donors (Lipinski definition) is 1. The smallest absolute Gasteiger partial charge is 0.416 e. The lowest BCUT2D eigenvalue weighted by Crippen LogP contribution is -2.35. The Labute approximate surface area is 102 Å². The molecule has 2 rings (SSSR count). The molecule has 98 valence electrons. The molecule has 1 heterocycles. The maximum Gasteiger partial charge on any atom is 0.416 e. The van der Waals surface area contributed by atoms with E-state index in [9.17, 15) is 18.0 Å². The van der Waals surface area contributed by atoms with Crippen LogP contribution in [0.15, 0.2) is 24.3 Å². The van der Waals surface area contributed by atoms with E-state index in [1.54, 1.807) is 4.90 Å². The van der Waals surface area contributed by atoms with Gasteiger partial charge in [0.05, 0.1) is 5.56 Å². The van der Waals surface area contributed by atoms with Crippen molar-refractivity contribution >= 4 is 11.7 Å². The first-order valence-corrected chi connectivity index (χ1v) is 5.56. The Morgan fingerprint density at radius 3 is 2.39 bits per heavy atom. The van der Waals surface area contributed by atoms with E-state index in [1.807, 2.05) is 0 Å². The predicted molar refractivity (Wildman–Crippen MR) is 59.4 cm³/mol. The number of halogens is 3. The van der Waals surface area contributed by atoms with Crippen LogP contribution in [0, 0.1) is 0 Å². The second-order valence-electron chi connectivity index (χ2n) is 4.23. The van der Waals surface area contributed by atoms with E-state index in [1.165, 1.54) is 12.1 Å². The molecular formula is C12H12F3NO2. The minimum Gasteiger partial charge on any atom is -0.480 e. The number of carboxylic acid groups (broad SMARTS) is 1. The number of anilines is 1. The predicted octanol–water partition coefficient (Wildman–Crippen LogP) is 2.76. The van der Waals surface area contributed by atoms with Gasteiger partial charge in [-0.05, 0) is 37.1 Å². The van der Waals surface area contributed by atoms with Gasteiger partial charge in [0.15, 0.2) is 0 Å². The number of aliphatic carboxylic acids is 1. The van der Waals surface area contributed by atoms with Crippen LogP contribution in [0.2, 0.25) is 0 Å². The number of hydrogen-bond acceptors (Lipinski definition) is 2. The molecule has 6 heteroatoms. The normalized spacial score (nSPS) is 20.2. The fraction of sp³-hybridized carbons (Fsp3) is 0.417. The van der Waals surface area contributed by atoms with Gasteiger partial charge in [-0.1, -0.05) is 0 Å². The molecule has 1 unspecified atom stereocenters. The van der Waals surface area contributed by atoms with Crippen molar-refractivity contribution in [3.63, 3.8) is 0 Å². The van der Waals surface area contributed by atoms with Gasteiger partial charge < -0.3 is 10.0 Å². The lowest BCUT2D eigenvalue weighted by atomic mass is 10.1. The summed E-state index contributed by atoms with van der Waals surface area (Å²) < 4.78 is 37.2. The van der Waals surface area contributed by atoms with Crippen molar-refractivity contribution in [1.29, 1.82) is 0 Å². The second kappa shape index (κ2) is 4.51. The standard InChI is InChI=1S/C12H12F3NO2/c13-12(14,15)8-3-5-9(6-4-8)16-7-1-2-10(16)11(17)18/h3-6,10H,1-2,7H2,(H,17,18). The van der Waals surface area contributed by atoms with E-state index in [0.717, 1.165) is 18.6 Å². The summed E-state index contributed by atoms with van der Waals surface area (Å²) in [6.45, 7) is 0.558. The molecule has 1 N–H and O–H groups in total. The summed E-state index contributed by atoms with van der Waals surface area (Å²) in [6.07, 6.45) is -3.11. The lowest BCUT2D eigenvalue weighted by molar-refractivity contribution is -0.139. The number of rotatable bonds is 2. The van der Waals surface area contributed by atoms with Gasteiger partial charge in [0.2, 0.25) is 0 Å². The second-order valence-corrected chi connectivity index (χ2v) is 4.23. The van der Waals surface area contributed by atoms with E-state index in [-0.39, 0.29) is 0 Å². The van der Waals surface area contributed by atoms with E-state index in [4.69, 9.17) is 5.11 Å². The first-order valence-electron chi connectivity index (χ1n) is 5.56. The maximum absolute atomic E-state index is 12.4. The van der Waals surface area contributed by atoms with Crippen molar-refractivity contribution in [2.45, 2.75) is 25.1 Å². The molecule has 3 nitrogen and oxygen atoms in total. The molecule has 18 heavy (non-hydrogen) atoms. The number of nitrogens with zero attached hydrogens (tertiary/aromatic N) is 1. The minimum absolute atomic E-state index is 0.521. The third-order valence-electron chi connectivity index (χ3n) is 3.06. The highest BCUT2D eigenvalue weighted by atomic mass is 19.4. The summed E-state index contributed by atoms with van der Waals surface area (Å²) in [5.41, 5.74) is -0.203. The molecule has 0 bridgehead atoms. The van der Waals surface area contributed by atoms with Gasteiger partial charge >= 0.3 is 12.1 Å². The summed E-state index contributed by atoms with van der Waals surface area (Å²) in [5.74, 6) is -0.938. The maximum atomic E-state index is 12.4. The zero-order valence-electron chi connectivity index (χ0n) is 9.44. The number of alkyl halides is 3. The zero-order chi connectivity index (χ0) is 13.3. The first kappa shape index (κ1) is 12.7. The summed E-state index contributed by atoms with van der Waals surface area (Å²) in [4.78, 5) is 12.6. The van der Waals surface area contributed by atoms with Gasteiger partial charge in [-0.25, -0.2) is 4.79 Å². The van der Waals surface area contributed by atoms with Crippen LogP contribution in [0.4, 0.5) is 18.9 Å². The first-order chi connectivity index (χ1) is 8.39. The van der Waals surface area contributed by atoms with Crippen LogP contribution in [0.25, 0.3) is 0 Å². The fourth-order valence-electron chi connectivity index (χ4n) is 2.17. The topological polar surface area (TPSA) is 40.5 Å².